The maximum Gasteiger partial charge on any atom is 0.313 e. The lowest BCUT2D eigenvalue weighted by atomic mass is 9.93. The molecule has 0 heterocycles. The number of hydrogen-bond donors (Lipinski definition) is 0. The quantitative estimate of drug-likeness (QED) is 0.732. The van der Waals surface area contributed by atoms with E-state index >= 15 is 0 Å². The summed E-state index contributed by atoms with van der Waals surface area (Å²) < 4.78 is 5.06. The Kier molecular flexibility index (Phi) is 5.22. The molecule has 1 aromatic rings. The van der Waals surface area contributed by atoms with E-state index in [0.29, 0.717) is 12.2 Å². The Morgan fingerprint density at radius 3 is 2.82 bits per heavy atom. The minimum atomic E-state index is -0.256. The highest BCUT2D eigenvalue weighted by Crippen LogP contribution is 2.23. The summed E-state index contributed by atoms with van der Waals surface area (Å²) in [5, 5.41) is 8.85. The highest BCUT2D eigenvalue weighted by Gasteiger charge is 2.21. The smallest absolute Gasteiger partial charge is 0.313 e. The molecular weight excluding hydrogens is 214 g/mol. The zero-order valence-electron chi connectivity index (χ0n) is 10.3. The fourth-order valence-electron chi connectivity index (χ4n) is 1.78. The second-order valence-corrected chi connectivity index (χ2v) is 3.83. The normalized spacial score (nSPS) is 11.6. The monoisotopic (exact) mass is 231 g/mol. The molecule has 0 saturated heterocycles. The first-order valence-electron chi connectivity index (χ1n) is 5.89. The van der Waals surface area contributed by atoms with E-state index < -0.39 is 0 Å². The predicted octanol–water partition coefficient (Wildman–Crippen LogP) is 3.01. The van der Waals surface area contributed by atoms with Crippen molar-refractivity contribution in [3.05, 3.63) is 35.4 Å². The van der Waals surface area contributed by atoms with Crippen molar-refractivity contribution in [1.29, 1.82) is 5.26 Å². The predicted molar refractivity (Wildman–Crippen MR) is 65.4 cm³/mol. The third-order valence-electron chi connectivity index (χ3n) is 2.57. The number of nitrogens with zero attached hydrogens (tertiary/aromatic N) is 1. The number of nitriles is 1. The molecule has 0 spiro atoms. The number of benzene rings is 1. The summed E-state index contributed by atoms with van der Waals surface area (Å²) in [4.78, 5) is 11.8. The van der Waals surface area contributed by atoms with Gasteiger partial charge in [-0.1, -0.05) is 25.5 Å². The van der Waals surface area contributed by atoms with Crippen molar-refractivity contribution in [2.24, 2.45) is 0 Å². The Morgan fingerprint density at radius 1 is 1.47 bits per heavy atom. The molecule has 0 radical (unpaired) electrons. The van der Waals surface area contributed by atoms with Gasteiger partial charge in [-0.15, -0.1) is 0 Å². The first-order chi connectivity index (χ1) is 8.22. The Labute approximate surface area is 102 Å². The van der Waals surface area contributed by atoms with Gasteiger partial charge in [0.05, 0.1) is 24.2 Å². The van der Waals surface area contributed by atoms with E-state index in [4.69, 9.17) is 10.00 Å². The van der Waals surface area contributed by atoms with Crippen LogP contribution in [0.25, 0.3) is 0 Å². The second kappa shape index (κ2) is 6.70. The number of carbonyl (C=O) groups excluding carboxylic acids is 1. The largest absolute Gasteiger partial charge is 0.466 e. The molecule has 0 bridgehead atoms. The van der Waals surface area contributed by atoms with Gasteiger partial charge in [-0.05, 0) is 31.0 Å². The highest BCUT2D eigenvalue weighted by molar-refractivity contribution is 5.78. The lowest BCUT2D eigenvalue weighted by Crippen LogP contribution is -2.16. The SMILES string of the molecule is CCCC(C(=O)OCC)c1cccc(C#N)c1. The number of ether oxygens (including phenoxy) is 1. The van der Waals surface area contributed by atoms with Gasteiger partial charge in [-0.3, -0.25) is 4.79 Å². The summed E-state index contributed by atoms with van der Waals surface area (Å²) >= 11 is 0. The molecule has 0 N–H and O–H groups in total. The molecule has 17 heavy (non-hydrogen) atoms. The third kappa shape index (κ3) is 3.60. The fraction of sp³-hybridized carbons (Fsp3) is 0.429. The van der Waals surface area contributed by atoms with Gasteiger partial charge in [-0.2, -0.15) is 5.26 Å². The molecule has 0 aromatic heterocycles. The first-order valence-corrected chi connectivity index (χ1v) is 5.89. The molecular formula is C14H17NO2. The van der Waals surface area contributed by atoms with Crippen molar-refractivity contribution in [2.75, 3.05) is 6.61 Å². The van der Waals surface area contributed by atoms with Crippen LogP contribution in [0.3, 0.4) is 0 Å². The van der Waals surface area contributed by atoms with Crippen LogP contribution in [0.15, 0.2) is 24.3 Å². The Balaban J connectivity index is 2.96. The van der Waals surface area contributed by atoms with Crippen LogP contribution in [0, 0.1) is 11.3 Å². The van der Waals surface area contributed by atoms with Crippen LogP contribution in [-0.2, 0) is 9.53 Å². The van der Waals surface area contributed by atoms with Crippen LogP contribution >= 0.6 is 0 Å². The van der Waals surface area contributed by atoms with Crippen LogP contribution in [-0.4, -0.2) is 12.6 Å². The van der Waals surface area contributed by atoms with E-state index in [1.807, 2.05) is 13.0 Å². The molecule has 90 valence electrons. The van der Waals surface area contributed by atoms with E-state index in [0.717, 1.165) is 18.4 Å². The van der Waals surface area contributed by atoms with Crippen LogP contribution in [0.5, 0.6) is 0 Å². The maximum atomic E-state index is 11.8. The van der Waals surface area contributed by atoms with Gasteiger partial charge in [0.2, 0.25) is 0 Å². The van der Waals surface area contributed by atoms with Gasteiger partial charge in [0.15, 0.2) is 0 Å². The van der Waals surface area contributed by atoms with E-state index in [2.05, 4.69) is 6.07 Å². The van der Waals surface area contributed by atoms with Gasteiger partial charge in [-0.25, -0.2) is 0 Å². The molecule has 0 saturated carbocycles. The van der Waals surface area contributed by atoms with Gasteiger partial charge in [0.25, 0.3) is 0 Å². The van der Waals surface area contributed by atoms with Crippen molar-refractivity contribution in [3.63, 3.8) is 0 Å². The molecule has 3 nitrogen and oxygen atoms in total. The Hall–Kier alpha value is -1.82. The summed E-state index contributed by atoms with van der Waals surface area (Å²) in [5.74, 6) is -0.460. The second-order valence-electron chi connectivity index (χ2n) is 3.83. The van der Waals surface area contributed by atoms with Gasteiger partial charge < -0.3 is 4.74 Å². The highest BCUT2D eigenvalue weighted by atomic mass is 16.5. The topological polar surface area (TPSA) is 50.1 Å². The minimum absolute atomic E-state index is 0.204. The Morgan fingerprint density at radius 2 is 2.24 bits per heavy atom. The van der Waals surface area contributed by atoms with Crippen molar-refractivity contribution in [3.8, 4) is 6.07 Å². The van der Waals surface area contributed by atoms with Crippen molar-refractivity contribution in [2.45, 2.75) is 32.6 Å². The van der Waals surface area contributed by atoms with Crippen LogP contribution in [0.1, 0.15) is 43.7 Å². The fourth-order valence-corrected chi connectivity index (χ4v) is 1.78. The number of esters is 1. The van der Waals surface area contributed by atoms with E-state index in [1.165, 1.54) is 0 Å². The van der Waals surface area contributed by atoms with Crippen LogP contribution in [0.2, 0.25) is 0 Å². The maximum absolute atomic E-state index is 11.8. The average Bonchev–Trinajstić information content (AvgIpc) is 2.36. The van der Waals surface area contributed by atoms with E-state index in [9.17, 15) is 4.79 Å². The minimum Gasteiger partial charge on any atom is -0.466 e. The zero-order valence-corrected chi connectivity index (χ0v) is 10.3. The van der Waals surface area contributed by atoms with Gasteiger partial charge in [0.1, 0.15) is 0 Å². The van der Waals surface area contributed by atoms with E-state index in [-0.39, 0.29) is 11.9 Å². The molecule has 0 aliphatic carbocycles. The summed E-state index contributed by atoms with van der Waals surface area (Å²) in [6.45, 7) is 4.21. The van der Waals surface area contributed by atoms with Crippen molar-refractivity contribution >= 4 is 5.97 Å². The van der Waals surface area contributed by atoms with Gasteiger partial charge >= 0.3 is 5.97 Å². The summed E-state index contributed by atoms with van der Waals surface area (Å²) in [5.41, 5.74) is 1.44. The molecule has 1 aromatic carbocycles. The molecule has 3 heteroatoms. The van der Waals surface area contributed by atoms with Crippen molar-refractivity contribution < 1.29 is 9.53 Å². The number of hydrogen-bond acceptors (Lipinski definition) is 3. The lowest BCUT2D eigenvalue weighted by molar-refractivity contribution is -0.145. The lowest BCUT2D eigenvalue weighted by Gasteiger charge is -2.15. The van der Waals surface area contributed by atoms with Crippen LogP contribution < -0.4 is 0 Å². The molecule has 0 aliphatic heterocycles. The molecule has 0 fully saturated rings. The van der Waals surface area contributed by atoms with E-state index in [1.54, 1.807) is 25.1 Å². The van der Waals surface area contributed by atoms with Crippen LogP contribution in [0.4, 0.5) is 0 Å². The third-order valence-corrected chi connectivity index (χ3v) is 2.57. The molecule has 0 aliphatic rings. The first kappa shape index (κ1) is 13.2. The number of rotatable bonds is 5. The molecule has 1 rings (SSSR count). The Bertz CT molecular complexity index is 420. The number of carbonyl (C=O) groups is 1. The van der Waals surface area contributed by atoms with Gasteiger partial charge in [0, 0.05) is 0 Å². The molecule has 1 atom stereocenters. The van der Waals surface area contributed by atoms with Crippen molar-refractivity contribution in [1.82, 2.24) is 0 Å². The summed E-state index contributed by atoms with van der Waals surface area (Å²) in [6, 6.07) is 9.25. The zero-order chi connectivity index (χ0) is 12.7. The average molecular weight is 231 g/mol. The summed E-state index contributed by atoms with van der Waals surface area (Å²) in [7, 11) is 0. The standard InChI is InChI=1S/C14H17NO2/c1-3-6-13(14(16)17-4-2)12-8-5-7-11(9-12)10-15/h5,7-9,13H,3-4,6H2,1-2H3. The molecule has 1 unspecified atom stereocenters. The summed E-state index contributed by atoms with van der Waals surface area (Å²) in [6.07, 6.45) is 1.65. The molecule has 0 amide bonds.